The lowest BCUT2D eigenvalue weighted by Gasteiger charge is -1.95. The minimum absolute atomic E-state index is 1.01. The Kier molecular flexibility index (Phi) is 0.676. The molecule has 2 aromatic rings. The number of hydrogen-bond acceptors (Lipinski definition) is 2. The Bertz CT molecular complexity index is 253. The van der Waals surface area contributed by atoms with Gasteiger partial charge in [0.25, 0.3) is 0 Å². The first-order valence-corrected chi connectivity index (χ1v) is 3.16. The molecule has 0 aliphatic carbocycles. The largest absolute Gasteiger partial charge is 0.294 e. The predicted molar refractivity (Wildman–Crippen MR) is 34.0 cm³/mol. The van der Waals surface area contributed by atoms with Crippen LogP contribution in [0.3, 0.4) is 0 Å². The van der Waals surface area contributed by atoms with Gasteiger partial charge >= 0.3 is 0 Å². The standard InChI is InChI=1S/C5H4N2S/c1-2-4-5(6-3-1)7-8-4/h1-3H,(H,6,7). The zero-order valence-electron chi connectivity index (χ0n) is 4.09. The van der Waals surface area contributed by atoms with E-state index in [9.17, 15) is 0 Å². The molecule has 0 aliphatic rings. The van der Waals surface area contributed by atoms with Crippen molar-refractivity contribution in [3.63, 3.8) is 0 Å². The SMILES string of the molecule is c1cnc2[nH]sc2c1. The fraction of sp³-hybridized carbons (Fsp3) is 0. The summed E-state index contributed by atoms with van der Waals surface area (Å²) in [6, 6.07) is 3.98. The van der Waals surface area contributed by atoms with Crippen LogP contribution in [-0.2, 0) is 0 Å². The molecule has 0 aromatic carbocycles. The second kappa shape index (κ2) is 1.32. The molecule has 2 heterocycles. The van der Waals surface area contributed by atoms with Crippen LogP contribution >= 0.6 is 11.5 Å². The normalized spacial score (nSPS) is 10.5. The van der Waals surface area contributed by atoms with Gasteiger partial charge in [-0.05, 0) is 12.1 Å². The molecule has 40 valence electrons. The number of fused-ring (bicyclic) bond motifs is 1. The van der Waals surface area contributed by atoms with Crippen molar-refractivity contribution in [1.82, 2.24) is 9.36 Å². The van der Waals surface area contributed by atoms with Crippen LogP contribution in [0, 0.1) is 0 Å². The summed E-state index contributed by atoms with van der Waals surface area (Å²) in [5.74, 6) is 0. The molecule has 2 rings (SSSR count). The van der Waals surface area contributed by atoms with Crippen molar-refractivity contribution in [2.45, 2.75) is 0 Å². The quantitative estimate of drug-likeness (QED) is 0.568. The zero-order valence-corrected chi connectivity index (χ0v) is 4.90. The van der Waals surface area contributed by atoms with Gasteiger partial charge in [0.2, 0.25) is 0 Å². The molecule has 2 nitrogen and oxygen atoms in total. The van der Waals surface area contributed by atoms with Crippen molar-refractivity contribution in [1.29, 1.82) is 0 Å². The maximum absolute atomic E-state index is 4.03. The van der Waals surface area contributed by atoms with Gasteiger partial charge in [0.1, 0.15) is 0 Å². The van der Waals surface area contributed by atoms with Crippen molar-refractivity contribution in [2.75, 3.05) is 0 Å². The molecule has 0 fully saturated rings. The molecule has 1 N–H and O–H groups in total. The number of aromatic amines is 1. The van der Waals surface area contributed by atoms with E-state index in [0.717, 1.165) is 5.65 Å². The molecule has 0 radical (unpaired) electrons. The fourth-order valence-electron chi connectivity index (χ4n) is 0.607. The minimum atomic E-state index is 1.01. The summed E-state index contributed by atoms with van der Waals surface area (Å²) in [7, 11) is 0. The molecule has 0 unspecified atom stereocenters. The Morgan fingerprint density at radius 3 is 3.00 bits per heavy atom. The molecule has 2 aromatic heterocycles. The van der Waals surface area contributed by atoms with Gasteiger partial charge < -0.3 is 0 Å². The van der Waals surface area contributed by atoms with E-state index >= 15 is 0 Å². The Labute approximate surface area is 50.3 Å². The number of pyridine rings is 1. The van der Waals surface area contributed by atoms with Crippen LogP contribution in [0.4, 0.5) is 0 Å². The maximum atomic E-state index is 4.03. The van der Waals surface area contributed by atoms with Crippen molar-refractivity contribution >= 4 is 21.9 Å². The summed E-state index contributed by atoms with van der Waals surface area (Å²) >= 11 is 1.62. The predicted octanol–water partition coefficient (Wildman–Crippen LogP) is 1.62. The number of nitrogens with one attached hydrogen (secondary N) is 1. The van der Waals surface area contributed by atoms with Gasteiger partial charge in [-0.1, -0.05) is 11.5 Å². The Morgan fingerprint density at radius 2 is 2.62 bits per heavy atom. The highest BCUT2D eigenvalue weighted by atomic mass is 32.1. The summed E-state index contributed by atoms with van der Waals surface area (Å²) in [6.45, 7) is 0. The van der Waals surface area contributed by atoms with Gasteiger partial charge in [-0.15, -0.1) is 0 Å². The molecule has 0 saturated heterocycles. The lowest BCUT2D eigenvalue weighted by atomic mass is 10.5. The molecule has 0 bridgehead atoms. The van der Waals surface area contributed by atoms with Crippen LogP contribution in [0.1, 0.15) is 0 Å². The Hall–Kier alpha value is -0.830. The van der Waals surface area contributed by atoms with E-state index in [-0.39, 0.29) is 0 Å². The molecule has 3 heteroatoms. The second-order valence-corrected chi connectivity index (χ2v) is 2.40. The van der Waals surface area contributed by atoms with Crippen LogP contribution in [0.2, 0.25) is 0 Å². The van der Waals surface area contributed by atoms with Gasteiger partial charge in [0, 0.05) is 6.20 Å². The molecule has 0 saturated carbocycles. The summed E-state index contributed by atoms with van der Waals surface area (Å²) in [5, 5.41) is 0. The summed E-state index contributed by atoms with van der Waals surface area (Å²) < 4.78 is 4.24. The third kappa shape index (κ3) is 0.391. The van der Waals surface area contributed by atoms with Crippen molar-refractivity contribution in [3.8, 4) is 0 Å². The molecule has 0 amide bonds. The van der Waals surface area contributed by atoms with Crippen LogP contribution < -0.4 is 0 Å². The lowest BCUT2D eigenvalue weighted by molar-refractivity contribution is 1.36. The molecule has 0 spiro atoms. The topological polar surface area (TPSA) is 28.7 Å². The van der Waals surface area contributed by atoms with Gasteiger partial charge in [0.15, 0.2) is 5.65 Å². The van der Waals surface area contributed by atoms with E-state index in [1.165, 1.54) is 4.70 Å². The third-order valence-electron chi connectivity index (χ3n) is 1.03. The third-order valence-corrected chi connectivity index (χ3v) is 1.87. The number of rotatable bonds is 0. The van der Waals surface area contributed by atoms with Crippen LogP contribution in [0.25, 0.3) is 10.3 Å². The summed E-state index contributed by atoms with van der Waals surface area (Å²) in [6.07, 6.45) is 1.78. The molecule has 0 atom stereocenters. The Morgan fingerprint density at radius 1 is 1.62 bits per heavy atom. The summed E-state index contributed by atoms with van der Waals surface area (Å²) in [5.41, 5.74) is 1.01. The van der Waals surface area contributed by atoms with Crippen molar-refractivity contribution in [2.24, 2.45) is 0 Å². The Balaban J connectivity index is 2.88. The molecular formula is C5H4N2S. The first-order chi connectivity index (χ1) is 3.97. The van der Waals surface area contributed by atoms with E-state index in [1.807, 2.05) is 12.1 Å². The van der Waals surface area contributed by atoms with Crippen molar-refractivity contribution < 1.29 is 0 Å². The second-order valence-electron chi connectivity index (χ2n) is 1.55. The maximum Gasteiger partial charge on any atom is 0.158 e. The lowest BCUT2D eigenvalue weighted by Crippen LogP contribution is -1.79. The first-order valence-electron chi connectivity index (χ1n) is 2.35. The summed E-state index contributed by atoms with van der Waals surface area (Å²) in [4.78, 5) is 4.03. The van der Waals surface area contributed by atoms with Gasteiger partial charge in [-0.25, -0.2) is 4.98 Å². The van der Waals surface area contributed by atoms with Crippen molar-refractivity contribution in [3.05, 3.63) is 18.3 Å². The van der Waals surface area contributed by atoms with Gasteiger partial charge in [0.05, 0.1) is 4.70 Å². The van der Waals surface area contributed by atoms with Crippen LogP contribution in [-0.4, -0.2) is 9.36 Å². The fourth-order valence-corrected chi connectivity index (χ4v) is 1.17. The number of H-pyrrole nitrogens is 1. The average molecular weight is 124 g/mol. The molecule has 0 aliphatic heterocycles. The highest BCUT2D eigenvalue weighted by Crippen LogP contribution is 2.15. The highest BCUT2D eigenvalue weighted by Gasteiger charge is 1.92. The number of aromatic nitrogens is 2. The smallest absolute Gasteiger partial charge is 0.158 e. The monoisotopic (exact) mass is 124 g/mol. The number of nitrogens with zero attached hydrogens (tertiary/aromatic N) is 1. The number of hydrogen-bond donors (Lipinski definition) is 1. The molecular weight excluding hydrogens is 120 g/mol. The van der Waals surface area contributed by atoms with E-state index < -0.39 is 0 Å². The van der Waals surface area contributed by atoms with E-state index in [2.05, 4.69) is 9.36 Å². The average Bonchev–Trinajstić information content (AvgIpc) is 1.72. The van der Waals surface area contributed by atoms with E-state index in [1.54, 1.807) is 17.7 Å². The van der Waals surface area contributed by atoms with Gasteiger partial charge in [-0.3, -0.25) is 4.37 Å². The van der Waals surface area contributed by atoms with E-state index in [4.69, 9.17) is 0 Å². The molecule has 8 heavy (non-hydrogen) atoms. The van der Waals surface area contributed by atoms with Crippen LogP contribution in [0.15, 0.2) is 18.3 Å². The minimum Gasteiger partial charge on any atom is -0.294 e. The van der Waals surface area contributed by atoms with Gasteiger partial charge in [-0.2, -0.15) is 0 Å². The van der Waals surface area contributed by atoms with E-state index in [0.29, 0.717) is 0 Å². The highest BCUT2D eigenvalue weighted by molar-refractivity contribution is 7.15. The van der Waals surface area contributed by atoms with Crippen LogP contribution in [0.5, 0.6) is 0 Å². The first kappa shape index (κ1) is 4.09. The zero-order chi connectivity index (χ0) is 5.40.